The molecule has 0 saturated heterocycles. The highest BCUT2D eigenvalue weighted by atomic mass is 79.9. The number of aromatic nitrogens is 1. The third kappa shape index (κ3) is 2.15. The molecule has 0 fully saturated rings. The van der Waals surface area contributed by atoms with Crippen molar-refractivity contribution in [3.05, 3.63) is 28.6 Å². The van der Waals surface area contributed by atoms with Gasteiger partial charge in [0.2, 0.25) is 0 Å². The number of aryl methyl sites for hydroxylation is 1. The van der Waals surface area contributed by atoms with E-state index in [0.717, 1.165) is 0 Å². The van der Waals surface area contributed by atoms with Crippen LogP contribution in [-0.4, -0.2) is 11.3 Å². The van der Waals surface area contributed by atoms with Crippen LogP contribution in [0.1, 0.15) is 33.7 Å². The molecule has 1 aromatic rings. The van der Waals surface area contributed by atoms with Crippen molar-refractivity contribution < 1.29 is 13.6 Å². The van der Waals surface area contributed by atoms with E-state index in [4.69, 9.17) is 0 Å². The first-order valence-electron chi connectivity index (χ1n) is 3.89. The number of carbonyl (C=O) groups is 1. The Kier molecular flexibility index (Phi) is 3.69. The molecule has 0 spiro atoms. The van der Waals surface area contributed by atoms with Gasteiger partial charge in [-0.3, -0.25) is 4.79 Å². The van der Waals surface area contributed by atoms with Gasteiger partial charge in [-0.1, -0.05) is 15.9 Å². The molecule has 14 heavy (non-hydrogen) atoms. The van der Waals surface area contributed by atoms with Crippen LogP contribution < -0.4 is 0 Å². The van der Waals surface area contributed by atoms with E-state index in [-0.39, 0.29) is 11.3 Å². The third-order valence-corrected chi connectivity index (χ3v) is 2.47. The average Bonchev–Trinajstić information content (AvgIpc) is 2.16. The Hall–Kier alpha value is -0.840. The van der Waals surface area contributed by atoms with Crippen LogP contribution in [0.15, 0.2) is 6.07 Å². The molecule has 1 aromatic heterocycles. The van der Waals surface area contributed by atoms with Crippen LogP contribution in [0.2, 0.25) is 0 Å². The Morgan fingerprint density at radius 1 is 1.64 bits per heavy atom. The summed E-state index contributed by atoms with van der Waals surface area (Å²) >= 11 is 3.16. The lowest BCUT2D eigenvalue weighted by atomic mass is 10.1. The van der Waals surface area contributed by atoms with Gasteiger partial charge in [-0.25, -0.2) is 13.8 Å². The molecule has 0 saturated carbocycles. The molecule has 0 aromatic carbocycles. The zero-order valence-corrected chi connectivity index (χ0v) is 9.01. The first-order chi connectivity index (χ1) is 6.60. The van der Waals surface area contributed by atoms with Crippen LogP contribution in [0.5, 0.6) is 0 Å². The van der Waals surface area contributed by atoms with Gasteiger partial charge in [-0.05, 0) is 18.6 Å². The van der Waals surface area contributed by atoms with Gasteiger partial charge in [-0.15, -0.1) is 0 Å². The second-order valence-corrected chi connectivity index (χ2v) is 3.32. The van der Waals surface area contributed by atoms with Crippen molar-refractivity contribution >= 4 is 22.2 Å². The Morgan fingerprint density at radius 2 is 2.29 bits per heavy atom. The molecule has 0 N–H and O–H groups in total. The normalized spacial score (nSPS) is 10.6. The van der Waals surface area contributed by atoms with Crippen LogP contribution >= 0.6 is 15.9 Å². The highest BCUT2D eigenvalue weighted by molar-refractivity contribution is 9.08. The maximum Gasteiger partial charge on any atom is 0.266 e. The Labute approximate surface area is 88.5 Å². The quantitative estimate of drug-likeness (QED) is 0.620. The largest absolute Gasteiger partial charge is 0.296 e. The van der Waals surface area contributed by atoms with Gasteiger partial charge in [0.15, 0.2) is 6.29 Å². The summed E-state index contributed by atoms with van der Waals surface area (Å²) in [6.45, 7) is 1.68. The Balaban J connectivity index is 3.32. The summed E-state index contributed by atoms with van der Waals surface area (Å²) < 4.78 is 24.9. The van der Waals surface area contributed by atoms with Crippen molar-refractivity contribution in [2.24, 2.45) is 0 Å². The minimum atomic E-state index is -2.67. The van der Waals surface area contributed by atoms with E-state index in [1.807, 2.05) is 0 Å². The van der Waals surface area contributed by atoms with Crippen molar-refractivity contribution in [3.8, 4) is 0 Å². The SMILES string of the molecule is Cc1nc(C=O)c(C(F)F)cc1CBr. The zero-order valence-electron chi connectivity index (χ0n) is 7.43. The van der Waals surface area contributed by atoms with Crippen molar-refractivity contribution in [3.63, 3.8) is 0 Å². The lowest BCUT2D eigenvalue weighted by Gasteiger charge is -2.07. The predicted octanol–water partition coefficient (Wildman–Crippen LogP) is 3.04. The summed E-state index contributed by atoms with van der Waals surface area (Å²) in [7, 11) is 0. The number of hydrogen-bond acceptors (Lipinski definition) is 2. The topological polar surface area (TPSA) is 30.0 Å². The second kappa shape index (κ2) is 4.59. The fraction of sp³-hybridized carbons (Fsp3) is 0.333. The first kappa shape index (κ1) is 11.2. The lowest BCUT2D eigenvalue weighted by molar-refractivity contribution is 0.110. The Bertz CT molecular complexity index is 355. The van der Waals surface area contributed by atoms with Crippen LogP contribution in [0, 0.1) is 6.92 Å². The molecule has 0 amide bonds. The fourth-order valence-electron chi connectivity index (χ4n) is 1.09. The molecule has 0 unspecified atom stereocenters. The summed E-state index contributed by atoms with van der Waals surface area (Å²) in [5.74, 6) is 0. The molecule has 1 rings (SSSR count). The van der Waals surface area contributed by atoms with E-state index >= 15 is 0 Å². The van der Waals surface area contributed by atoms with Crippen molar-refractivity contribution in [1.29, 1.82) is 0 Å². The second-order valence-electron chi connectivity index (χ2n) is 2.76. The number of rotatable bonds is 3. The highest BCUT2D eigenvalue weighted by Gasteiger charge is 2.15. The van der Waals surface area contributed by atoms with Crippen molar-refractivity contribution in [1.82, 2.24) is 4.98 Å². The number of pyridine rings is 1. The molecule has 0 aliphatic rings. The van der Waals surface area contributed by atoms with Gasteiger partial charge in [0.25, 0.3) is 6.43 Å². The van der Waals surface area contributed by atoms with Gasteiger partial charge in [0, 0.05) is 16.6 Å². The van der Waals surface area contributed by atoms with E-state index in [1.165, 1.54) is 6.07 Å². The van der Waals surface area contributed by atoms with Crippen LogP contribution in [0.4, 0.5) is 8.78 Å². The molecule has 5 heteroatoms. The molecule has 76 valence electrons. The average molecular weight is 264 g/mol. The zero-order chi connectivity index (χ0) is 10.7. The summed E-state index contributed by atoms with van der Waals surface area (Å²) in [4.78, 5) is 14.3. The number of nitrogens with zero attached hydrogens (tertiary/aromatic N) is 1. The van der Waals surface area contributed by atoms with E-state index in [0.29, 0.717) is 22.9 Å². The number of alkyl halides is 3. The molecule has 0 bridgehead atoms. The molecule has 0 aliphatic heterocycles. The van der Waals surface area contributed by atoms with Gasteiger partial charge in [0.05, 0.1) is 0 Å². The maximum absolute atomic E-state index is 12.4. The summed E-state index contributed by atoms with van der Waals surface area (Å²) in [5, 5.41) is 0.449. The Morgan fingerprint density at radius 3 is 2.71 bits per heavy atom. The van der Waals surface area contributed by atoms with Gasteiger partial charge in [0.1, 0.15) is 5.69 Å². The van der Waals surface area contributed by atoms with Gasteiger partial charge >= 0.3 is 0 Å². The van der Waals surface area contributed by atoms with E-state index in [1.54, 1.807) is 6.92 Å². The summed E-state index contributed by atoms with van der Waals surface area (Å²) in [6.07, 6.45) is -2.31. The minimum Gasteiger partial charge on any atom is -0.296 e. The minimum absolute atomic E-state index is 0.179. The third-order valence-electron chi connectivity index (χ3n) is 1.87. The molecular weight excluding hydrogens is 256 g/mol. The standard InChI is InChI=1S/C9H8BrF2NO/c1-5-6(3-10)2-7(9(11)12)8(4-14)13-5/h2,4,9H,3H2,1H3. The van der Waals surface area contributed by atoms with Crippen molar-refractivity contribution in [2.75, 3.05) is 0 Å². The molecule has 2 nitrogen and oxygen atoms in total. The summed E-state index contributed by atoms with van der Waals surface area (Å²) in [6, 6.07) is 1.31. The van der Waals surface area contributed by atoms with Crippen LogP contribution in [0.3, 0.4) is 0 Å². The van der Waals surface area contributed by atoms with Crippen LogP contribution in [-0.2, 0) is 5.33 Å². The smallest absolute Gasteiger partial charge is 0.266 e. The number of carbonyl (C=O) groups excluding carboxylic acids is 1. The van der Waals surface area contributed by atoms with Gasteiger partial charge in [-0.2, -0.15) is 0 Å². The van der Waals surface area contributed by atoms with Crippen molar-refractivity contribution in [2.45, 2.75) is 18.7 Å². The molecule has 0 radical (unpaired) electrons. The van der Waals surface area contributed by atoms with E-state index in [9.17, 15) is 13.6 Å². The molecular formula is C9H8BrF2NO. The molecule has 0 aliphatic carbocycles. The van der Waals surface area contributed by atoms with Crippen LogP contribution in [0.25, 0.3) is 0 Å². The predicted molar refractivity (Wildman–Crippen MR) is 51.9 cm³/mol. The first-order valence-corrected chi connectivity index (χ1v) is 5.02. The lowest BCUT2D eigenvalue weighted by Crippen LogP contribution is -2.02. The van der Waals surface area contributed by atoms with Gasteiger partial charge < -0.3 is 0 Å². The van der Waals surface area contributed by atoms with E-state index in [2.05, 4.69) is 20.9 Å². The maximum atomic E-state index is 12.4. The number of aldehydes is 1. The molecule has 1 heterocycles. The number of halogens is 3. The van der Waals surface area contributed by atoms with E-state index < -0.39 is 6.43 Å². The highest BCUT2D eigenvalue weighted by Crippen LogP contribution is 2.24. The monoisotopic (exact) mass is 263 g/mol. The number of hydrogen-bond donors (Lipinski definition) is 0. The summed E-state index contributed by atoms with van der Waals surface area (Å²) in [5.41, 5.74) is 0.779. The molecule has 0 atom stereocenters. The fourth-order valence-corrected chi connectivity index (χ4v) is 1.66.